The quantitative estimate of drug-likeness (QED) is 0.568. The third-order valence-electron chi connectivity index (χ3n) is 5.95. The number of hydrogen-bond acceptors (Lipinski definition) is 5. The van der Waals surface area contributed by atoms with Crippen LogP contribution in [0.15, 0.2) is 30.6 Å². The summed E-state index contributed by atoms with van der Waals surface area (Å²) in [5.74, 6) is -6.15. The third kappa shape index (κ3) is 4.01. The van der Waals surface area contributed by atoms with Gasteiger partial charge in [0.05, 0.1) is 18.2 Å². The minimum absolute atomic E-state index is 0.0685. The van der Waals surface area contributed by atoms with Gasteiger partial charge in [-0.05, 0) is 12.5 Å². The lowest BCUT2D eigenvalue weighted by molar-refractivity contribution is -0.120. The number of nitrogens with zero attached hydrogens (tertiary/aromatic N) is 6. The molecule has 3 heterocycles. The Bertz CT molecular complexity index is 1290. The molecule has 2 atom stereocenters. The summed E-state index contributed by atoms with van der Waals surface area (Å²) in [6.45, 7) is 0.168. The Hall–Kier alpha value is -3.77. The van der Waals surface area contributed by atoms with Crippen LogP contribution in [-0.2, 0) is 17.9 Å². The van der Waals surface area contributed by atoms with E-state index < -0.39 is 41.3 Å². The van der Waals surface area contributed by atoms with Crippen molar-refractivity contribution in [3.63, 3.8) is 0 Å². The summed E-state index contributed by atoms with van der Waals surface area (Å²) in [6.07, 6.45) is 1.16. The maximum atomic E-state index is 13.9. The van der Waals surface area contributed by atoms with E-state index in [1.165, 1.54) is 39.8 Å². The molecule has 2 aliphatic rings. The molecule has 34 heavy (non-hydrogen) atoms. The van der Waals surface area contributed by atoms with Crippen LogP contribution in [0.3, 0.4) is 0 Å². The molecule has 0 bridgehead atoms. The second kappa shape index (κ2) is 7.92. The van der Waals surface area contributed by atoms with Gasteiger partial charge in [-0.3, -0.25) is 14.5 Å². The summed E-state index contributed by atoms with van der Waals surface area (Å²) < 4.78 is 56.4. The van der Waals surface area contributed by atoms with E-state index in [1.807, 2.05) is 0 Å². The summed E-state index contributed by atoms with van der Waals surface area (Å²) in [5.41, 5.74) is 0.408. The van der Waals surface area contributed by atoms with Crippen LogP contribution in [0.1, 0.15) is 40.6 Å². The molecule has 1 aliphatic heterocycles. The molecule has 1 saturated carbocycles. The number of hydrogen-bond donors (Lipinski definition) is 1. The molecule has 5 rings (SSSR count). The summed E-state index contributed by atoms with van der Waals surface area (Å²) in [5, 5.41) is 10.8. The summed E-state index contributed by atoms with van der Waals surface area (Å²) >= 11 is 0. The first-order valence-corrected chi connectivity index (χ1v) is 10.5. The van der Waals surface area contributed by atoms with Crippen molar-refractivity contribution in [1.29, 1.82) is 0 Å². The normalized spacial score (nSPS) is 21.2. The highest BCUT2D eigenvalue weighted by atomic mass is 19.3. The largest absolute Gasteiger partial charge is 0.337 e. The highest BCUT2D eigenvalue weighted by Crippen LogP contribution is 2.55. The number of rotatable bonds is 5. The molecule has 1 fully saturated rings. The van der Waals surface area contributed by atoms with Gasteiger partial charge in [0.25, 0.3) is 17.7 Å². The maximum Gasteiger partial charge on any atom is 0.291 e. The zero-order valence-corrected chi connectivity index (χ0v) is 17.9. The number of aromatic nitrogens is 5. The van der Waals surface area contributed by atoms with E-state index in [9.17, 15) is 27.2 Å². The van der Waals surface area contributed by atoms with Crippen molar-refractivity contribution in [2.75, 3.05) is 11.9 Å². The predicted octanol–water partition coefficient (Wildman–Crippen LogP) is 2.09. The zero-order valence-electron chi connectivity index (χ0n) is 17.9. The second-order valence-corrected chi connectivity index (χ2v) is 8.38. The van der Waals surface area contributed by atoms with Crippen LogP contribution in [0.2, 0.25) is 0 Å². The standard InChI is InChI=1S/C21H19F4N7O2/c1-30-17-7-16(13-8-21(13,24)25)28-32(17)5-4-15(20(30)34)27-19(33)18-26-10-31(29-18)9-11-2-3-12(22)6-14(11)23/h2-3,6-7,10,13,15H,4-5,8-9H2,1H3,(H,27,33)/t13-,15-/m1/s1. The Morgan fingerprint density at radius 1 is 1.24 bits per heavy atom. The molecule has 1 aliphatic carbocycles. The Morgan fingerprint density at radius 2 is 2.00 bits per heavy atom. The first-order valence-electron chi connectivity index (χ1n) is 10.5. The number of likely N-dealkylation sites (N-methyl/N-ethyl adjacent to an activating group) is 1. The molecular formula is C21H19F4N7O2. The number of carbonyl (C=O) groups is 2. The van der Waals surface area contributed by atoms with Crippen molar-refractivity contribution in [2.24, 2.45) is 0 Å². The summed E-state index contributed by atoms with van der Waals surface area (Å²) in [6, 6.07) is 3.70. The van der Waals surface area contributed by atoms with E-state index in [1.54, 1.807) is 0 Å². The topological polar surface area (TPSA) is 97.9 Å². The van der Waals surface area contributed by atoms with E-state index in [0.717, 1.165) is 12.1 Å². The Labute approximate surface area is 190 Å². The number of carbonyl (C=O) groups excluding carboxylic acids is 2. The van der Waals surface area contributed by atoms with Crippen molar-refractivity contribution in [3.05, 3.63) is 59.3 Å². The zero-order chi connectivity index (χ0) is 24.2. The minimum Gasteiger partial charge on any atom is -0.337 e. The van der Waals surface area contributed by atoms with Crippen LogP contribution < -0.4 is 10.2 Å². The van der Waals surface area contributed by atoms with Crippen molar-refractivity contribution in [2.45, 2.75) is 43.8 Å². The van der Waals surface area contributed by atoms with Crippen LogP contribution in [0.5, 0.6) is 0 Å². The number of anilines is 1. The fourth-order valence-electron chi connectivity index (χ4n) is 3.94. The van der Waals surface area contributed by atoms with Gasteiger partial charge in [0.2, 0.25) is 5.82 Å². The van der Waals surface area contributed by atoms with Gasteiger partial charge in [-0.1, -0.05) is 6.07 Å². The van der Waals surface area contributed by atoms with E-state index in [-0.39, 0.29) is 43.0 Å². The molecule has 0 radical (unpaired) electrons. The van der Waals surface area contributed by atoms with Crippen LogP contribution in [0.25, 0.3) is 0 Å². The molecule has 1 aromatic carbocycles. The van der Waals surface area contributed by atoms with Gasteiger partial charge in [-0.2, -0.15) is 5.10 Å². The van der Waals surface area contributed by atoms with Crippen LogP contribution in [0, 0.1) is 11.6 Å². The first-order chi connectivity index (χ1) is 16.1. The van der Waals surface area contributed by atoms with Crippen molar-refractivity contribution < 1.29 is 27.2 Å². The molecule has 3 aromatic rings. The van der Waals surface area contributed by atoms with E-state index in [4.69, 9.17) is 0 Å². The van der Waals surface area contributed by atoms with E-state index in [0.29, 0.717) is 5.82 Å². The van der Waals surface area contributed by atoms with Gasteiger partial charge in [0.15, 0.2) is 0 Å². The lowest BCUT2D eigenvalue weighted by Crippen LogP contribution is -2.47. The highest BCUT2D eigenvalue weighted by molar-refractivity contribution is 6.00. The minimum atomic E-state index is -2.77. The van der Waals surface area contributed by atoms with Crippen LogP contribution >= 0.6 is 0 Å². The number of halogens is 4. The van der Waals surface area contributed by atoms with Gasteiger partial charge in [-0.25, -0.2) is 31.9 Å². The molecular weight excluding hydrogens is 458 g/mol. The smallest absolute Gasteiger partial charge is 0.291 e. The molecule has 13 heteroatoms. The van der Waals surface area contributed by atoms with Gasteiger partial charge in [0.1, 0.15) is 29.8 Å². The van der Waals surface area contributed by atoms with Gasteiger partial charge >= 0.3 is 0 Å². The van der Waals surface area contributed by atoms with Crippen LogP contribution in [0.4, 0.5) is 23.4 Å². The van der Waals surface area contributed by atoms with E-state index >= 15 is 0 Å². The fourth-order valence-corrected chi connectivity index (χ4v) is 3.94. The van der Waals surface area contributed by atoms with Gasteiger partial charge in [-0.15, -0.1) is 5.10 Å². The summed E-state index contributed by atoms with van der Waals surface area (Å²) in [7, 11) is 1.49. The number of benzene rings is 1. The summed E-state index contributed by atoms with van der Waals surface area (Å²) in [4.78, 5) is 30.7. The molecule has 2 amide bonds. The first kappa shape index (κ1) is 22.0. The Kier molecular flexibility index (Phi) is 5.14. The molecule has 1 N–H and O–H groups in total. The Balaban J connectivity index is 1.25. The lowest BCUT2D eigenvalue weighted by atomic mass is 10.2. The number of amides is 2. The number of fused-ring (bicyclic) bond motifs is 1. The predicted molar refractivity (Wildman–Crippen MR) is 109 cm³/mol. The number of nitrogens with one attached hydrogen (secondary N) is 1. The van der Waals surface area contributed by atoms with Crippen molar-refractivity contribution >= 4 is 17.6 Å². The molecule has 178 valence electrons. The third-order valence-corrected chi connectivity index (χ3v) is 5.95. The average Bonchev–Trinajstić information content (AvgIpc) is 3.14. The molecule has 2 aromatic heterocycles. The second-order valence-electron chi connectivity index (χ2n) is 8.38. The molecule has 0 spiro atoms. The monoisotopic (exact) mass is 477 g/mol. The molecule has 0 saturated heterocycles. The van der Waals surface area contributed by atoms with Crippen molar-refractivity contribution in [3.8, 4) is 0 Å². The average molecular weight is 477 g/mol. The van der Waals surface area contributed by atoms with E-state index in [2.05, 4.69) is 20.5 Å². The molecule has 0 unspecified atom stereocenters. The SMILES string of the molecule is CN1C(=O)[C@H](NC(=O)c2ncn(Cc3ccc(F)cc3F)n2)CCn2nc([C@H]3CC3(F)F)cc21. The Morgan fingerprint density at radius 3 is 2.71 bits per heavy atom. The van der Waals surface area contributed by atoms with Gasteiger partial charge < -0.3 is 5.32 Å². The fraction of sp³-hybridized carbons (Fsp3) is 0.381. The molecule has 9 nitrogen and oxygen atoms in total. The van der Waals surface area contributed by atoms with Crippen LogP contribution in [-0.4, -0.2) is 55.4 Å². The highest BCUT2D eigenvalue weighted by Gasteiger charge is 2.59. The van der Waals surface area contributed by atoms with Gasteiger partial charge in [0, 0.05) is 37.7 Å². The lowest BCUT2D eigenvalue weighted by Gasteiger charge is -2.19. The maximum absolute atomic E-state index is 13.9. The van der Waals surface area contributed by atoms with Crippen molar-refractivity contribution in [1.82, 2.24) is 29.9 Å². The number of alkyl halides is 2. The number of aryl methyl sites for hydroxylation is 1.